The van der Waals surface area contributed by atoms with Gasteiger partial charge in [-0.3, -0.25) is 4.90 Å². The Morgan fingerprint density at radius 2 is 1.68 bits per heavy atom. The van der Waals surface area contributed by atoms with Crippen molar-refractivity contribution < 1.29 is 0 Å². The zero-order valence-corrected chi connectivity index (χ0v) is 13.5. The van der Waals surface area contributed by atoms with E-state index in [1.165, 1.54) is 44.1 Å². The van der Waals surface area contributed by atoms with Crippen molar-refractivity contribution in [2.45, 2.75) is 50.6 Å². The van der Waals surface area contributed by atoms with Crippen LogP contribution in [0.4, 0.5) is 0 Å². The van der Waals surface area contributed by atoms with Crippen molar-refractivity contribution >= 4 is 15.9 Å². The molecule has 2 rings (SSSR count). The van der Waals surface area contributed by atoms with Crippen molar-refractivity contribution in [2.24, 2.45) is 5.73 Å². The molecular weight excluding hydrogens is 300 g/mol. The summed E-state index contributed by atoms with van der Waals surface area (Å²) in [5.74, 6) is 0. The van der Waals surface area contributed by atoms with Crippen molar-refractivity contribution in [1.82, 2.24) is 4.90 Å². The number of benzene rings is 1. The fourth-order valence-electron chi connectivity index (χ4n) is 3.16. The number of likely N-dealkylation sites (N-methyl/N-ethyl adjacent to an activating group) is 1. The normalized spacial score (nSPS) is 19.4. The minimum Gasteiger partial charge on any atom is -0.329 e. The smallest absolute Gasteiger partial charge is 0.0332 e. The van der Waals surface area contributed by atoms with Crippen LogP contribution >= 0.6 is 15.9 Å². The van der Waals surface area contributed by atoms with Gasteiger partial charge in [0, 0.05) is 23.1 Å². The first kappa shape index (κ1) is 15.0. The molecule has 1 saturated carbocycles. The SMILES string of the molecule is CN(Cc1ccc(Br)cc1)C1(CN)CCCCCC1. The molecule has 3 heteroatoms. The first-order valence-electron chi connectivity index (χ1n) is 7.32. The summed E-state index contributed by atoms with van der Waals surface area (Å²) in [5.41, 5.74) is 7.71. The molecule has 2 N–H and O–H groups in total. The maximum Gasteiger partial charge on any atom is 0.0332 e. The van der Waals surface area contributed by atoms with Gasteiger partial charge in [0.2, 0.25) is 0 Å². The first-order chi connectivity index (χ1) is 9.16. The maximum absolute atomic E-state index is 6.14. The molecule has 1 aliphatic carbocycles. The fourth-order valence-corrected chi connectivity index (χ4v) is 3.42. The highest BCUT2D eigenvalue weighted by atomic mass is 79.9. The van der Waals surface area contributed by atoms with E-state index in [2.05, 4.69) is 52.1 Å². The van der Waals surface area contributed by atoms with Crippen molar-refractivity contribution in [3.8, 4) is 0 Å². The van der Waals surface area contributed by atoms with E-state index in [0.717, 1.165) is 17.6 Å². The molecule has 0 saturated heterocycles. The van der Waals surface area contributed by atoms with Gasteiger partial charge >= 0.3 is 0 Å². The minimum atomic E-state index is 0.212. The van der Waals surface area contributed by atoms with Gasteiger partial charge in [0.05, 0.1) is 0 Å². The van der Waals surface area contributed by atoms with Gasteiger partial charge in [-0.15, -0.1) is 0 Å². The summed E-state index contributed by atoms with van der Waals surface area (Å²) in [7, 11) is 2.24. The molecule has 106 valence electrons. The van der Waals surface area contributed by atoms with E-state index in [0.29, 0.717) is 0 Å². The lowest BCUT2D eigenvalue weighted by Gasteiger charge is -2.41. The van der Waals surface area contributed by atoms with Gasteiger partial charge in [0.1, 0.15) is 0 Å². The van der Waals surface area contributed by atoms with E-state index in [4.69, 9.17) is 5.73 Å². The van der Waals surface area contributed by atoms with Crippen LogP contribution in [0.25, 0.3) is 0 Å². The number of hydrogen-bond donors (Lipinski definition) is 1. The Labute approximate surface area is 125 Å². The second kappa shape index (κ2) is 6.87. The predicted octanol–water partition coefficient (Wildman–Crippen LogP) is 3.93. The highest BCUT2D eigenvalue weighted by Gasteiger charge is 2.33. The fraction of sp³-hybridized carbons (Fsp3) is 0.625. The number of nitrogens with two attached hydrogens (primary N) is 1. The van der Waals surface area contributed by atoms with Crippen LogP contribution in [0.3, 0.4) is 0 Å². The van der Waals surface area contributed by atoms with E-state index in [-0.39, 0.29) is 5.54 Å². The van der Waals surface area contributed by atoms with Crippen LogP contribution in [0, 0.1) is 0 Å². The molecule has 0 bridgehead atoms. The summed E-state index contributed by atoms with van der Waals surface area (Å²) in [6.07, 6.45) is 7.87. The summed E-state index contributed by atoms with van der Waals surface area (Å²) in [4.78, 5) is 2.49. The summed E-state index contributed by atoms with van der Waals surface area (Å²) in [6, 6.07) is 8.62. The van der Waals surface area contributed by atoms with Crippen molar-refractivity contribution in [3.63, 3.8) is 0 Å². The molecule has 1 aliphatic rings. The molecule has 0 radical (unpaired) electrons. The molecule has 1 fully saturated rings. The molecule has 1 aromatic carbocycles. The molecule has 19 heavy (non-hydrogen) atoms. The Bertz CT molecular complexity index is 380. The highest BCUT2D eigenvalue weighted by molar-refractivity contribution is 9.10. The average Bonchev–Trinajstić information content (AvgIpc) is 2.67. The molecular formula is C16H25BrN2. The van der Waals surface area contributed by atoms with Crippen molar-refractivity contribution in [2.75, 3.05) is 13.6 Å². The molecule has 0 amide bonds. The summed E-state index contributed by atoms with van der Waals surface area (Å²) < 4.78 is 1.14. The third-order valence-corrected chi connectivity index (χ3v) is 5.09. The second-order valence-corrected chi connectivity index (χ2v) is 6.74. The summed E-state index contributed by atoms with van der Waals surface area (Å²) >= 11 is 3.49. The lowest BCUT2D eigenvalue weighted by molar-refractivity contribution is 0.0997. The van der Waals surface area contributed by atoms with Gasteiger partial charge in [-0.1, -0.05) is 53.7 Å². The Morgan fingerprint density at radius 3 is 2.21 bits per heavy atom. The maximum atomic E-state index is 6.14. The summed E-state index contributed by atoms with van der Waals surface area (Å²) in [6.45, 7) is 1.77. The average molecular weight is 325 g/mol. The number of halogens is 1. The zero-order chi connectivity index (χ0) is 13.7. The van der Waals surface area contributed by atoms with Crippen LogP contribution in [0.5, 0.6) is 0 Å². The van der Waals surface area contributed by atoms with Crippen LogP contribution in [0.2, 0.25) is 0 Å². The quantitative estimate of drug-likeness (QED) is 0.850. The van der Waals surface area contributed by atoms with Gasteiger partial charge in [-0.05, 0) is 37.6 Å². The summed E-state index contributed by atoms with van der Waals surface area (Å²) in [5, 5.41) is 0. The van der Waals surface area contributed by atoms with Crippen LogP contribution in [-0.2, 0) is 6.54 Å². The molecule has 2 nitrogen and oxygen atoms in total. The first-order valence-corrected chi connectivity index (χ1v) is 8.11. The molecule has 0 unspecified atom stereocenters. The molecule has 1 aromatic rings. The van der Waals surface area contributed by atoms with Gasteiger partial charge < -0.3 is 5.73 Å². The largest absolute Gasteiger partial charge is 0.329 e. The van der Waals surface area contributed by atoms with Crippen molar-refractivity contribution in [1.29, 1.82) is 0 Å². The minimum absolute atomic E-state index is 0.212. The molecule has 0 aromatic heterocycles. The number of hydrogen-bond acceptors (Lipinski definition) is 2. The van der Waals surface area contributed by atoms with Crippen LogP contribution in [-0.4, -0.2) is 24.0 Å². The zero-order valence-electron chi connectivity index (χ0n) is 11.9. The van der Waals surface area contributed by atoms with E-state index in [9.17, 15) is 0 Å². The standard InChI is InChI=1S/C16H25BrN2/c1-19(12-14-6-8-15(17)9-7-14)16(13-18)10-4-2-3-5-11-16/h6-9H,2-5,10-13,18H2,1H3. The van der Waals surface area contributed by atoms with Gasteiger partial charge in [-0.2, -0.15) is 0 Å². The lowest BCUT2D eigenvalue weighted by atomic mass is 9.88. The van der Waals surface area contributed by atoms with Gasteiger partial charge in [0.15, 0.2) is 0 Å². The molecule has 0 heterocycles. The van der Waals surface area contributed by atoms with Crippen molar-refractivity contribution in [3.05, 3.63) is 34.3 Å². The second-order valence-electron chi connectivity index (χ2n) is 5.83. The Morgan fingerprint density at radius 1 is 1.11 bits per heavy atom. The predicted molar refractivity (Wildman–Crippen MR) is 85.1 cm³/mol. The Kier molecular flexibility index (Phi) is 5.43. The van der Waals surface area contributed by atoms with Crippen LogP contribution in [0.15, 0.2) is 28.7 Å². The van der Waals surface area contributed by atoms with Gasteiger partial charge in [-0.25, -0.2) is 0 Å². The van der Waals surface area contributed by atoms with E-state index in [1.807, 2.05) is 0 Å². The van der Waals surface area contributed by atoms with E-state index < -0.39 is 0 Å². The lowest BCUT2D eigenvalue weighted by Crippen LogP contribution is -2.51. The number of rotatable bonds is 4. The van der Waals surface area contributed by atoms with E-state index >= 15 is 0 Å². The number of nitrogens with zero attached hydrogens (tertiary/aromatic N) is 1. The van der Waals surface area contributed by atoms with Crippen LogP contribution in [0.1, 0.15) is 44.1 Å². The Balaban J connectivity index is 2.07. The monoisotopic (exact) mass is 324 g/mol. The molecule has 0 aliphatic heterocycles. The Hall–Kier alpha value is -0.380. The van der Waals surface area contributed by atoms with E-state index in [1.54, 1.807) is 0 Å². The highest BCUT2D eigenvalue weighted by Crippen LogP contribution is 2.32. The molecule has 0 spiro atoms. The van der Waals surface area contributed by atoms with Crippen LogP contribution < -0.4 is 5.73 Å². The third kappa shape index (κ3) is 3.80. The topological polar surface area (TPSA) is 29.3 Å². The molecule has 0 atom stereocenters. The van der Waals surface area contributed by atoms with Gasteiger partial charge in [0.25, 0.3) is 0 Å². The third-order valence-electron chi connectivity index (χ3n) is 4.56.